The van der Waals surface area contributed by atoms with Gasteiger partial charge in [-0.2, -0.15) is 5.26 Å². The summed E-state index contributed by atoms with van der Waals surface area (Å²) in [5.41, 5.74) is 1.56. The second kappa shape index (κ2) is 5.33. The Hall–Kier alpha value is -2.35. The third kappa shape index (κ3) is 2.50. The number of rotatable bonds is 4. The summed E-state index contributed by atoms with van der Waals surface area (Å²) in [6.45, 7) is 4.19. The minimum atomic E-state index is -0.558. The van der Waals surface area contributed by atoms with Crippen molar-refractivity contribution in [3.05, 3.63) is 29.3 Å². The zero-order chi connectivity index (χ0) is 14.8. The van der Waals surface area contributed by atoms with E-state index in [0.717, 1.165) is 5.56 Å². The first-order valence-corrected chi connectivity index (χ1v) is 6.58. The highest BCUT2D eigenvalue weighted by Crippen LogP contribution is 2.37. The van der Waals surface area contributed by atoms with E-state index < -0.39 is 5.41 Å². The fourth-order valence-corrected chi connectivity index (χ4v) is 2.21. The van der Waals surface area contributed by atoms with Crippen molar-refractivity contribution in [3.63, 3.8) is 0 Å². The van der Waals surface area contributed by atoms with E-state index in [1.54, 1.807) is 12.1 Å². The highest BCUT2D eigenvalue weighted by Gasteiger charge is 2.38. The molecule has 0 atom stereocenters. The Kier molecular flexibility index (Phi) is 3.75. The van der Waals surface area contributed by atoms with Crippen LogP contribution in [0, 0.1) is 11.3 Å². The van der Waals surface area contributed by atoms with Gasteiger partial charge < -0.3 is 10.6 Å². The van der Waals surface area contributed by atoms with Crippen LogP contribution in [0.4, 0.5) is 5.69 Å². The van der Waals surface area contributed by atoms with Gasteiger partial charge in [0.2, 0.25) is 5.91 Å². The number of carbonyl (C=O) groups excluding carboxylic acids is 2. The summed E-state index contributed by atoms with van der Waals surface area (Å²) in [5.74, 6) is -0.247. The number of unbranched alkanes of at least 4 members (excludes halogenated alkanes) is 1. The maximum Gasteiger partial charge on any atom is 0.251 e. The average molecular weight is 271 g/mol. The number of nitrogens with one attached hydrogen (secondary N) is 2. The molecular weight excluding hydrogens is 254 g/mol. The molecule has 0 bridgehead atoms. The average Bonchev–Trinajstić information content (AvgIpc) is 2.64. The van der Waals surface area contributed by atoms with Gasteiger partial charge >= 0.3 is 0 Å². The molecule has 104 valence electrons. The molecule has 0 unspecified atom stereocenters. The predicted octanol–water partition coefficient (Wildman–Crippen LogP) is 1.95. The Morgan fingerprint density at radius 3 is 2.90 bits per heavy atom. The van der Waals surface area contributed by atoms with E-state index in [0.29, 0.717) is 30.6 Å². The number of hydrogen-bond donors (Lipinski definition) is 2. The second-order valence-electron chi connectivity index (χ2n) is 5.36. The molecule has 1 aliphatic rings. The number of nitrogens with zero attached hydrogens (tertiary/aromatic N) is 1. The summed E-state index contributed by atoms with van der Waals surface area (Å²) in [4.78, 5) is 23.8. The first-order valence-electron chi connectivity index (χ1n) is 6.58. The summed E-state index contributed by atoms with van der Waals surface area (Å²) in [6, 6.07) is 7.27. The monoisotopic (exact) mass is 271 g/mol. The van der Waals surface area contributed by atoms with Gasteiger partial charge in [0, 0.05) is 24.2 Å². The van der Waals surface area contributed by atoms with Crippen LogP contribution >= 0.6 is 0 Å². The van der Waals surface area contributed by atoms with Crippen LogP contribution in [0.1, 0.15) is 42.6 Å². The second-order valence-corrected chi connectivity index (χ2v) is 5.36. The number of amides is 2. The molecule has 1 heterocycles. The van der Waals surface area contributed by atoms with Crippen molar-refractivity contribution < 1.29 is 9.59 Å². The number of anilines is 1. The van der Waals surface area contributed by atoms with E-state index in [9.17, 15) is 9.59 Å². The topological polar surface area (TPSA) is 82.0 Å². The molecule has 0 fully saturated rings. The Labute approximate surface area is 118 Å². The lowest BCUT2D eigenvalue weighted by molar-refractivity contribution is -0.119. The number of hydrogen-bond acceptors (Lipinski definition) is 3. The van der Waals surface area contributed by atoms with Crippen molar-refractivity contribution >= 4 is 17.5 Å². The first-order chi connectivity index (χ1) is 9.46. The van der Waals surface area contributed by atoms with E-state index >= 15 is 0 Å². The lowest BCUT2D eigenvalue weighted by atomic mass is 9.86. The summed E-state index contributed by atoms with van der Waals surface area (Å²) in [5, 5.41) is 14.0. The fraction of sp³-hybridized carbons (Fsp3) is 0.400. The summed E-state index contributed by atoms with van der Waals surface area (Å²) < 4.78 is 0. The van der Waals surface area contributed by atoms with Gasteiger partial charge in [0.15, 0.2) is 0 Å². The van der Waals surface area contributed by atoms with Crippen LogP contribution in [-0.2, 0) is 10.2 Å². The van der Waals surface area contributed by atoms with Crippen LogP contribution in [0.15, 0.2) is 18.2 Å². The lowest BCUT2D eigenvalue weighted by Crippen LogP contribution is -2.26. The maximum atomic E-state index is 11.9. The van der Waals surface area contributed by atoms with Gasteiger partial charge in [-0.3, -0.25) is 9.59 Å². The maximum absolute atomic E-state index is 11.9. The van der Waals surface area contributed by atoms with Crippen LogP contribution in [0.5, 0.6) is 0 Å². The number of carbonyl (C=O) groups is 2. The van der Waals surface area contributed by atoms with E-state index in [4.69, 9.17) is 5.26 Å². The van der Waals surface area contributed by atoms with E-state index in [2.05, 4.69) is 10.6 Å². The minimum absolute atomic E-state index is 0.0564. The van der Waals surface area contributed by atoms with Gasteiger partial charge in [-0.15, -0.1) is 0 Å². The number of nitriles is 1. The Balaban J connectivity index is 2.10. The molecule has 1 aliphatic heterocycles. The number of fused-ring (bicyclic) bond motifs is 1. The molecule has 0 aliphatic carbocycles. The van der Waals surface area contributed by atoms with Crippen molar-refractivity contribution in [1.82, 2.24) is 5.32 Å². The van der Waals surface area contributed by atoms with Crippen LogP contribution in [0.3, 0.4) is 0 Å². The fourth-order valence-electron chi connectivity index (χ4n) is 2.21. The van der Waals surface area contributed by atoms with Gasteiger partial charge in [0.05, 0.1) is 11.5 Å². The van der Waals surface area contributed by atoms with Crippen LogP contribution in [0.25, 0.3) is 0 Å². The summed E-state index contributed by atoms with van der Waals surface area (Å²) in [6.07, 6.45) is 1.06. The highest BCUT2D eigenvalue weighted by atomic mass is 16.2. The van der Waals surface area contributed by atoms with Gasteiger partial charge in [0.1, 0.15) is 0 Å². The standard InChI is InChI=1S/C15H17N3O2/c1-15(2)11-6-5-10(9-12(11)18-14(15)20)13(19)17-8-4-3-7-16/h5-6,9H,3-4,8H2,1-2H3,(H,17,19)(H,18,20). The largest absolute Gasteiger partial charge is 0.352 e. The van der Waals surface area contributed by atoms with Crippen molar-refractivity contribution in [2.75, 3.05) is 11.9 Å². The zero-order valence-corrected chi connectivity index (χ0v) is 11.6. The van der Waals surface area contributed by atoms with Crippen LogP contribution in [0.2, 0.25) is 0 Å². The molecule has 0 aromatic heterocycles. The summed E-state index contributed by atoms with van der Waals surface area (Å²) >= 11 is 0. The molecule has 2 N–H and O–H groups in total. The SMILES string of the molecule is CC1(C)C(=O)Nc2cc(C(=O)NCCCC#N)ccc21. The molecule has 0 radical (unpaired) electrons. The number of benzene rings is 1. The van der Waals surface area contributed by atoms with Gasteiger partial charge in [-0.25, -0.2) is 0 Å². The van der Waals surface area contributed by atoms with Gasteiger partial charge in [-0.05, 0) is 38.0 Å². The van der Waals surface area contributed by atoms with Crippen molar-refractivity contribution in [2.24, 2.45) is 0 Å². The van der Waals surface area contributed by atoms with Crippen LogP contribution < -0.4 is 10.6 Å². The first kappa shape index (κ1) is 14.1. The molecule has 0 saturated carbocycles. The molecule has 0 saturated heterocycles. The Morgan fingerprint density at radius 2 is 2.20 bits per heavy atom. The minimum Gasteiger partial charge on any atom is -0.352 e. The molecule has 2 amide bonds. The van der Waals surface area contributed by atoms with Gasteiger partial charge in [-0.1, -0.05) is 6.07 Å². The molecular formula is C15H17N3O2. The van der Waals surface area contributed by atoms with Crippen LogP contribution in [-0.4, -0.2) is 18.4 Å². The van der Waals surface area contributed by atoms with E-state index in [-0.39, 0.29) is 11.8 Å². The van der Waals surface area contributed by atoms with E-state index in [1.165, 1.54) is 0 Å². The Morgan fingerprint density at radius 1 is 1.45 bits per heavy atom. The third-order valence-corrected chi connectivity index (χ3v) is 3.52. The molecule has 5 nitrogen and oxygen atoms in total. The zero-order valence-electron chi connectivity index (χ0n) is 11.6. The normalized spacial score (nSPS) is 15.2. The molecule has 1 aromatic rings. The molecule has 2 rings (SSSR count). The van der Waals surface area contributed by atoms with Crippen molar-refractivity contribution in [2.45, 2.75) is 32.1 Å². The third-order valence-electron chi connectivity index (χ3n) is 3.52. The van der Waals surface area contributed by atoms with Crippen molar-refractivity contribution in [3.8, 4) is 6.07 Å². The highest BCUT2D eigenvalue weighted by molar-refractivity contribution is 6.07. The molecule has 0 spiro atoms. The smallest absolute Gasteiger partial charge is 0.251 e. The molecule has 5 heteroatoms. The van der Waals surface area contributed by atoms with Gasteiger partial charge in [0.25, 0.3) is 5.91 Å². The van der Waals surface area contributed by atoms with Crippen molar-refractivity contribution in [1.29, 1.82) is 5.26 Å². The summed E-state index contributed by atoms with van der Waals surface area (Å²) in [7, 11) is 0. The molecule has 20 heavy (non-hydrogen) atoms. The Bertz CT molecular complexity index is 600. The lowest BCUT2D eigenvalue weighted by Gasteiger charge is -2.14. The van der Waals surface area contributed by atoms with E-state index in [1.807, 2.05) is 26.0 Å². The quantitative estimate of drug-likeness (QED) is 0.821. The molecule has 1 aromatic carbocycles. The predicted molar refractivity (Wildman–Crippen MR) is 75.3 cm³/mol.